The van der Waals surface area contributed by atoms with E-state index in [9.17, 15) is 18.0 Å². The molecule has 8 nitrogen and oxygen atoms in total. The number of aryl methyl sites for hydroxylation is 1. The Morgan fingerprint density at radius 3 is 2.61 bits per heavy atom. The number of hydrogen-bond donors (Lipinski definition) is 1. The first-order valence-corrected chi connectivity index (χ1v) is 13.2. The van der Waals surface area contributed by atoms with Crippen molar-refractivity contribution in [1.29, 1.82) is 0 Å². The first-order valence-electron chi connectivity index (χ1n) is 10.8. The van der Waals surface area contributed by atoms with Crippen LogP contribution in [0.2, 0.25) is 0 Å². The van der Waals surface area contributed by atoms with Crippen molar-refractivity contribution in [3.63, 3.8) is 0 Å². The first-order chi connectivity index (χ1) is 15.8. The van der Waals surface area contributed by atoms with Crippen molar-refractivity contribution in [3.8, 4) is 5.75 Å². The predicted molar refractivity (Wildman–Crippen MR) is 128 cm³/mol. The molecule has 0 radical (unpaired) electrons. The third kappa shape index (κ3) is 5.02. The van der Waals surface area contributed by atoms with Crippen LogP contribution >= 0.6 is 11.8 Å². The van der Waals surface area contributed by atoms with Crippen LogP contribution in [-0.2, 0) is 19.6 Å². The summed E-state index contributed by atoms with van der Waals surface area (Å²) in [5.41, 5.74) is 1.91. The Hall–Kier alpha value is -2.56. The summed E-state index contributed by atoms with van der Waals surface area (Å²) in [6.07, 6.45) is 2.70. The largest absolute Gasteiger partial charge is 0.495 e. The molecule has 10 heteroatoms. The fraction of sp³-hybridized carbons (Fsp3) is 0.391. The van der Waals surface area contributed by atoms with Crippen LogP contribution in [0.1, 0.15) is 24.8 Å². The topological polar surface area (TPSA) is 96.0 Å². The van der Waals surface area contributed by atoms with Gasteiger partial charge in [0, 0.05) is 18.0 Å². The second-order valence-corrected chi connectivity index (χ2v) is 11.1. The molecular weight excluding hydrogens is 462 g/mol. The fourth-order valence-corrected chi connectivity index (χ4v) is 6.48. The van der Waals surface area contributed by atoms with E-state index >= 15 is 0 Å². The third-order valence-electron chi connectivity index (χ3n) is 5.76. The highest BCUT2D eigenvalue weighted by Gasteiger charge is 2.31. The van der Waals surface area contributed by atoms with Crippen LogP contribution in [0.15, 0.2) is 46.2 Å². The number of ether oxygens (including phenoxy) is 1. The van der Waals surface area contributed by atoms with Crippen molar-refractivity contribution >= 4 is 45.0 Å². The van der Waals surface area contributed by atoms with Gasteiger partial charge in [0.05, 0.1) is 29.1 Å². The van der Waals surface area contributed by atoms with Gasteiger partial charge >= 0.3 is 0 Å². The molecule has 2 aliphatic rings. The monoisotopic (exact) mass is 489 g/mol. The van der Waals surface area contributed by atoms with Gasteiger partial charge < -0.3 is 15.0 Å². The van der Waals surface area contributed by atoms with Crippen molar-refractivity contribution in [1.82, 2.24) is 4.31 Å². The number of fused-ring (bicyclic) bond motifs is 1. The number of rotatable bonds is 6. The summed E-state index contributed by atoms with van der Waals surface area (Å²) in [5, 5.41) is 2.81. The molecule has 2 aromatic carbocycles. The van der Waals surface area contributed by atoms with E-state index in [1.165, 1.54) is 34.1 Å². The average molecular weight is 490 g/mol. The molecule has 2 amide bonds. The van der Waals surface area contributed by atoms with Gasteiger partial charge in [0.2, 0.25) is 21.8 Å². The summed E-state index contributed by atoms with van der Waals surface area (Å²) in [4.78, 5) is 27.9. The van der Waals surface area contributed by atoms with E-state index in [2.05, 4.69) is 5.32 Å². The van der Waals surface area contributed by atoms with Gasteiger partial charge in [0.15, 0.2) is 0 Å². The summed E-state index contributed by atoms with van der Waals surface area (Å²) in [6.45, 7) is 2.67. The minimum absolute atomic E-state index is 0.143. The number of amides is 2. The number of nitrogens with zero attached hydrogens (tertiary/aromatic N) is 2. The highest BCUT2D eigenvalue weighted by atomic mass is 32.2. The number of anilines is 2. The summed E-state index contributed by atoms with van der Waals surface area (Å²) >= 11 is 1.34. The molecule has 2 heterocycles. The molecule has 33 heavy (non-hydrogen) atoms. The van der Waals surface area contributed by atoms with Gasteiger partial charge in [0.25, 0.3) is 0 Å². The Morgan fingerprint density at radius 2 is 1.88 bits per heavy atom. The molecule has 2 aliphatic heterocycles. The van der Waals surface area contributed by atoms with Crippen LogP contribution in [0.4, 0.5) is 11.4 Å². The maximum absolute atomic E-state index is 13.1. The molecule has 1 saturated heterocycles. The molecule has 2 aromatic rings. The standard InChI is InChI=1S/C23H27N3O5S2/c1-16-6-8-20(31-2)18(12-16)24-22(27)14-26-19-13-17(7-9-21(19)32-15-23(26)28)33(29,30)25-10-4-3-5-11-25/h6-9,12-13H,3-5,10-11,14-15H2,1-2H3,(H,24,27). The van der Waals surface area contributed by atoms with E-state index < -0.39 is 15.9 Å². The van der Waals surface area contributed by atoms with Gasteiger partial charge in [-0.2, -0.15) is 4.31 Å². The van der Waals surface area contributed by atoms with Crippen molar-refractivity contribution in [2.75, 3.05) is 42.7 Å². The molecule has 1 N–H and O–H groups in total. The van der Waals surface area contributed by atoms with Crippen LogP contribution in [-0.4, -0.2) is 57.0 Å². The lowest BCUT2D eigenvalue weighted by molar-refractivity contribution is -0.120. The minimum atomic E-state index is -3.66. The fourth-order valence-electron chi connectivity index (χ4n) is 4.02. The summed E-state index contributed by atoms with van der Waals surface area (Å²) in [7, 11) is -2.14. The SMILES string of the molecule is COc1ccc(C)cc1NC(=O)CN1C(=O)CSc2ccc(S(=O)(=O)N3CCCCC3)cc21. The molecule has 0 saturated carbocycles. The molecule has 0 atom stereocenters. The van der Waals surface area contributed by atoms with Crippen LogP contribution in [0.5, 0.6) is 5.75 Å². The Balaban J connectivity index is 1.59. The van der Waals surface area contributed by atoms with E-state index in [0.29, 0.717) is 30.2 Å². The minimum Gasteiger partial charge on any atom is -0.495 e. The Kier molecular flexibility index (Phi) is 6.96. The van der Waals surface area contributed by atoms with Gasteiger partial charge in [0.1, 0.15) is 12.3 Å². The zero-order valence-corrected chi connectivity index (χ0v) is 20.3. The van der Waals surface area contributed by atoms with Crippen LogP contribution < -0.4 is 15.0 Å². The van der Waals surface area contributed by atoms with Crippen molar-refractivity contribution in [2.24, 2.45) is 0 Å². The number of methoxy groups -OCH3 is 1. The molecule has 0 bridgehead atoms. The van der Waals surface area contributed by atoms with Crippen LogP contribution in [0.3, 0.4) is 0 Å². The number of piperidine rings is 1. The van der Waals surface area contributed by atoms with Gasteiger partial charge in [-0.15, -0.1) is 11.8 Å². The number of carbonyl (C=O) groups excluding carboxylic acids is 2. The van der Waals surface area contributed by atoms with E-state index in [4.69, 9.17) is 4.74 Å². The van der Waals surface area contributed by atoms with Crippen molar-refractivity contribution in [2.45, 2.75) is 36.0 Å². The normalized spacial score (nSPS) is 16.9. The van der Waals surface area contributed by atoms with Gasteiger partial charge in [-0.25, -0.2) is 8.42 Å². The second-order valence-electron chi connectivity index (χ2n) is 8.11. The molecule has 0 aromatic heterocycles. The summed E-state index contributed by atoms with van der Waals surface area (Å²) < 4.78 is 33.1. The number of nitrogens with one attached hydrogen (secondary N) is 1. The summed E-state index contributed by atoms with van der Waals surface area (Å²) in [6, 6.07) is 10.3. The van der Waals surface area contributed by atoms with Crippen LogP contribution in [0, 0.1) is 6.92 Å². The van der Waals surface area contributed by atoms with Gasteiger partial charge in [-0.1, -0.05) is 12.5 Å². The van der Waals surface area contributed by atoms with Gasteiger partial charge in [-0.3, -0.25) is 9.59 Å². The lowest BCUT2D eigenvalue weighted by atomic mass is 10.2. The van der Waals surface area contributed by atoms with Gasteiger partial charge in [-0.05, 0) is 55.7 Å². The maximum Gasteiger partial charge on any atom is 0.244 e. The first kappa shape index (κ1) is 23.6. The highest BCUT2D eigenvalue weighted by Crippen LogP contribution is 2.37. The molecule has 0 unspecified atom stereocenters. The summed E-state index contributed by atoms with van der Waals surface area (Å²) in [5.74, 6) is 0.0669. The Bertz CT molecular complexity index is 1180. The Labute approximate surface area is 198 Å². The molecule has 0 aliphatic carbocycles. The lowest BCUT2D eigenvalue weighted by Crippen LogP contribution is -2.41. The van der Waals surface area contributed by atoms with E-state index in [-0.39, 0.29) is 23.1 Å². The van der Waals surface area contributed by atoms with Crippen molar-refractivity contribution < 1.29 is 22.7 Å². The Morgan fingerprint density at radius 1 is 1.12 bits per heavy atom. The molecule has 4 rings (SSSR count). The zero-order valence-electron chi connectivity index (χ0n) is 18.7. The average Bonchev–Trinajstić information content (AvgIpc) is 2.81. The number of benzene rings is 2. The maximum atomic E-state index is 13.1. The van der Waals surface area contributed by atoms with E-state index in [1.54, 1.807) is 24.3 Å². The smallest absolute Gasteiger partial charge is 0.244 e. The molecule has 0 spiro atoms. The van der Waals surface area contributed by atoms with E-state index in [0.717, 1.165) is 29.7 Å². The molecule has 1 fully saturated rings. The van der Waals surface area contributed by atoms with Crippen molar-refractivity contribution in [3.05, 3.63) is 42.0 Å². The number of carbonyl (C=O) groups is 2. The molecule has 176 valence electrons. The lowest BCUT2D eigenvalue weighted by Gasteiger charge is -2.30. The predicted octanol–water partition coefficient (Wildman–Crippen LogP) is 3.26. The number of thioether (sulfide) groups is 1. The number of sulfonamides is 1. The zero-order chi connectivity index (χ0) is 23.6. The van der Waals surface area contributed by atoms with E-state index in [1.807, 2.05) is 13.0 Å². The number of hydrogen-bond acceptors (Lipinski definition) is 6. The quantitative estimate of drug-likeness (QED) is 0.669. The second kappa shape index (κ2) is 9.74. The van der Waals surface area contributed by atoms with Crippen LogP contribution in [0.25, 0.3) is 0 Å². The highest BCUT2D eigenvalue weighted by molar-refractivity contribution is 8.00. The third-order valence-corrected chi connectivity index (χ3v) is 8.70. The molecular formula is C23H27N3O5S2.